The number of amides is 2. The van der Waals surface area contributed by atoms with Crippen LogP contribution in [-0.2, 0) is 14.3 Å². The molecule has 0 radical (unpaired) electrons. The highest BCUT2D eigenvalue weighted by molar-refractivity contribution is 6.35. The molecule has 1 aromatic rings. The van der Waals surface area contributed by atoms with Gasteiger partial charge in [-0.05, 0) is 24.6 Å². The molecule has 6 heteroatoms. The van der Waals surface area contributed by atoms with Crippen LogP contribution in [0.2, 0.25) is 0 Å². The Bertz CT molecular complexity index is 633. The zero-order valence-electron chi connectivity index (χ0n) is 12.3. The molecule has 0 bridgehead atoms. The fraction of sp³-hybridized carbons (Fsp3) is 0.375. The van der Waals surface area contributed by atoms with E-state index >= 15 is 0 Å². The Hall–Kier alpha value is -2.21. The molecule has 2 aliphatic rings. The van der Waals surface area contributed by atoms with E-state index in [-0.39, 0.29) is 17.6 Å². The average Bonchev–Trinajstić information content (AvgIpc) is 2.79. The lowest BCUT2D eigenvalue weighted by atomic mass is 10.0. The molecule has 3 rings (SSSR count). The molecule has 1 aromatic carbocycles. The number of likely N-dealkylation sites (N-methyl/N-ethyl adjacent to an activating group) is 1. The van der Waals surface area contributed by atoms with Gasteiger partial charge in [0.05, 0.1) is 18.8 Å². The van der Waals surface area contributed by atoms with Gasteiger partial charge in [-0.25, -0.2) is 4.39 Å². The molecule has 1 fully saturated rings. The standard InChI is InChI=1S/C16H17FN2O3/c1-2-19-15(20)13(11-3-5-12(17)6-4-11)14(16(19)21)18-7-9-22-10-8-18/h3-6H,2,7-10H2,1H3. The Labute approximate surface area is 128 Å². The first-order valence-corrected chi connectivity index (χ1v) is 7.32. The summed E-state index contributed by atoms with van der Waals surface area (Å²) in [5.74, 6) is -0.976. The summed E-state index contributed by atoms with van der Waals surface area (Å²) in [5, 5.41) is 0. The first-order valence-electron chi connectivity index (χ1n) is 7.32. The number of hydrogen-bond donors (Lipinski definition) is 0. The third-order valence-corrected chi connectivity index (χ3v) is 3.92. The van der Waals surface area contributed by atoms with Crippen LogP contribution in [0.4, 0.5) is 4.39 Å². The Morgan fingerprint density at radius 3 is 2.32 bits per heavy atom. The number of morpholine rings is 1. The van der Waals surface area contributed by atoms with Gasteiger partial charge >= 0.3 is 0 Å². The molecule has 22 heavy (non-hydrogen) atoms. The van der Waals surface area contributed by atoms with Crippen LogP contribution in [0.25, 0.3) is 5.57 Å². The van der Waals surface area contributed by atoms with Crippen LogP contribution in [0.5, 0.6) is 0 Å². The molecule has 2 amide bonds. The topological polar surface area (TPSA) is 49.9 Å². The zero-order valence-corrected chi connectivity index (χ0v) is 12.3. The Kier molecular flexibility index (Phi) is 3.94. The Morgan fingerprint density at radius 1 is 1.09 bits per heavy atom. The van der Waals surface area contributed by atoms with Crippen molar-refractivity contribution in [3.63, 3.8) is 0 Å². The van der Waals surface area contributed by atoms with Crippen molar-refractivity contribution >= 4 is 17.4 Å². The van der Waals surface area contributed by atoms with Crippen LogP contribution in [0.3, 0.4) is 0 Å². The SMILES string of the molecule is CCN1C(=O)C(c2ccc(F)cc2)=C(N2CCOCC2)C1=O. The van der Waals surface area contributed by atoms with Crippen LogP contribution in [0.15, 0.2) is 30.0 Å². The number of hydrogen-bond acceptors (Lipinski definition) is 4. The highest BCUT2D eigenvalue weighted by Gasteiger charge is 2.40. The summed E-state index contributed by atoms with van der Waals surface area (Å²) < 4.78 is 18.4. The lowest BCUT2D eigenvalue weighted by Crippen LogP contribution is -2.40. The van der Waals surface area contributed by atoms with Crippen LogP contribution < -0.4 is 0 Å². The monoisotopic (exact) mass is 304 g/mol. The van der Waals surface area contributed by atoms with E-state index in [0.29, 0.717) is 49.7 Å². The van der Waals surface area contributed by atoms with Crippen molar-refractivity contribution in [2.24, 2.45) is 0 Å². The number of rotatable bonds is 3. The van der Waals surface area contributed by atoms with Crippen molar-refractivity contribution < 1.29 is 18.7 Å². The van der Waals surface area contributed by atoms with Gasteiger partial charge in [0.25, 0.3) is 11.8 Å². The summed E-state index contributed by atoms with van der Waals surface area (Å²) in [6.45, 7) is 4.26. The highest BCUT2D eigenvalue weighted by Crippen LogP contribution is 2.31. The molecule has 0 N–H and O–H groups in total. The van der Waals surface area contributed by atoms with Gasteiger partial charge in [-0.15, -0.1) is 0 Å². The summed E-state index contributed by atoms with van der Waals surface area (Å²) in [7, 11) is 0. The maximum Gasteiger partial charge on any atom is 0.277 e. The molecule has 0 atom stereocenters. The van der Waals surface area contributed by atoms with Gasteiger partial charge in [-0.3, -0.25) is 14.5 Å². The smallest absolute Gasteiger partial charge is 0.277 e. The van der Waals surface area contributed by atoms with E-state index in [1.54, 1.807) is 6.92 Å². The minimum absolute atomic E-state index is 0.284. The fourth-order valence-electron chi connectivity index (χ4n) is 2.81. The summed E-state index contributed by atoms with van der Waals surface area (Å²) in [6, 6.07) is 5.67. The van der Waals surface area contributed by atoms with Crippen molar-refractivity contribution in [2.75, 3.05) is 32.8 Å². The predicted molar refractivity (Wildman–Crippen MR) is 78.1 cm³/mol. The Morgan fingerprint density at radius 2 is 1.73 bits per heavy atom. The number of imide groups is 1. The van der Waals surface area contributed by atoms with Crippen molar-refractivity contribution in [1.82, 2.24) is 9.80 Å². The van der Waals surface area contributed by atoms with E-state index in [2.05, 4.69) is 0 Å². The quantitative estimate of drug-likeness (QED) is 0.789. The number of carbonyl (C=O) groups excluding carboxylic acids is 2. The molecular weight excluding hydrogens is 287 g/mol. The van der Waals surface area contributed by atoms with E-state index < -0.39 is 0 Å². The average molecular weight is 304 g/mol. The van der Waals surface area contributed by atoms with Crippen LogP contribution in [-0.4, -0.2) is 54.5 Å². The van der Waals surface area contributed by atoms with Gasteiger partial charge in [0.15, 0.2) is 0 Å². The van der Waals surface area contributed by atoms with E-state index in [0.717, 1.165) is 0 Å². The van der Waals surface area contributed by atoms with Crippen molar-refractivity contribution in [3.8, 4) is 0 Å². The van der Waals surface area contributed by atoms with Gasteiger partial charge in [0, 0.05) is 19.6 Å². The molecule has 0 aliphatic carbocycles. The number of nitrogens with zero attached hydrogens (tertiary/aromatic N) is 2. The third kappa shape index (κ3) is 2.39. The van der Waals surface area contributed by atoms with Gasteiger partial charge in [-0.2, -0.15) is 0 Å². The lowest BCUT2D eigenvalue weighted by molar-refractivity contribution is -0.137. The largest absolute Gasteiger partial charge is 0.378 e. The second kappa shape index (κ2) is 5.88. The van der Waals surface area contributed by atoms with E-state index in [9.17, 15) is 14.0 Å². The summed E-state index contributed by atoms with van der Waals surface area (Å²) in [5.41, 5.74) is 1.33. The zero-order chi connectivity index (χ0) is 15.7. The second-order valence-corrected chi connectivity index (χ2v) is 5.18. The predicted octanol–water partition coefficient (Wildman–Crippen LogP) is 1.26. The molecule has 0 aromatic heterocycles. The molecule has 5 nitrogen and oxygen atoms in total. The van der Waals surface area contributed by atoms with Gasteiger partial charge < -0.3 is 9.64 Å². The lowest BCUT2D eigenvalue weighted by Gasteiger charge is -2.29. The highest BCUT2D eigenvalue weighted by atomic mass is 19.1. The molecule has 116 valence electrons. The number of ether oxygens (including phenoxy) is 1. The van der Waals surface area contributed by atoms with Crippen molar-refractivity contribution in [3.05, 3.63) is 41.3 Å². The number of benzene rings is 1. The molecule has 0 unspecified atom stereocenters. The van der Waals surface area contributed by atoms with Crippen LogP contribution in [0.1, 0.15) is 12.5 Å². The first-order chi connectivity index (χ1) is 10.6. The third-order valence-electron chi connectivity index (χ3n) is 3.92. The first kappa shape index (κ1) is 14.7. The second-order valence-electron chi connectivity index (χ2n) is 5.18. The molecule has 0 saturated carbocycles. The van der Waals surface area contributed by atoms with E-state index in [1.807, 2.05) is 4.90 Å². The van der Waals surface area contributed by atoms with Crippen LogP contribution >= 0.6 is 0 Å². The summed E-state index contributed by atoms with van der Waals surface area (Å²) in [6.07, 6.45) is 0. The fourth-order valence-corrected chi connectivity index (χ4v) is 2.81. The normalized spacial score (nSPS) is 19.4. The van der Waals surface area contributed by atoms with Crippen LogP contribution in [0, 0.1) is 5.82 Å². The van der Waals surface area contributed by atoms with Gasteiger partial charge in [0.2, 0.25) is 0 Å². The summed E-state index contributed by atoms with van der Waals surface area (Å²) >= 11 is 0. The van der Waals surface area contributed by atoms with E-state index in [4.69, 9.17) is 4.74 Å². The molecule has 1 saturated heterocycles. The van der Waals surface area contributed by atoms with Crippen molar-refractivity contribution in [2.45, 2.75) is 6.92 Å². The van der Waals surface area contributed by atoms with Gasteiger partial charge in [0.1, 0.15) is 11.5 Å². The minimum Gasteiger partial charge on any atom is -0.378 e. The minimum atomic E-state index is -0.374. The Balaban J connectivity index is 2.08. The van der Waals surface area contributed by atoms with E-state index in [1.165, 1.54) is 29.2 Å². The number of halogens is 1. The van der Waals surface area contributed by atoms with Crippen molar-refractivity contribution in [1.29, 1.82) is 0 Å². The molecule has 2 aliphatic heterocycles. The molecule has 0 spiro atoms. The maximum absolute atomic E-state index is 13.1. The molecule has 2 heterocycles. The number of carbonyl (C=O) groups is 2. The van der Waals surface area contributed by atoms with Gasteiger partial charge in [-0.1, -0.05) is 12.1 Å². The maximum atomic E-state index is 13.1. The molecular formula is C16H17FN2O3. The summed E-state index contributed by atoms with van der Waals surface area (Å²) in [4.78, 5) is 28.3.